The molecule has 0 aliphatic heterocycles. The van der Waals surface area contributed by atoms with Crippen molar-refractivity contribution in [3.63, 3.8) is 0 Å². The average Bonchev–Trinajstić information content (AvgIpc) is 2.89. The fourth-order valence-corrected chi connectivity index (χ4v) is 2.54. The number of thiophene rings is 1. The van der Waals surface area contributed by atoms with Crippen LogP contribution in [0.5, 0.6) is 0 Å². The third-order valence-electron chi connectivity index (χ3n) is 3.29. The predicted octanol–water partition coefficient (Wildman–Crippen LogP) is 3.08. The lowest BCUT2D eigenvalue weighted by Gasteiger charge is -2.23. The van der Waals surface area contributed by atoms with Crippen LogP contribution in [-0.2, 0) is 11.2 Å². The summed E-state index contributed by atoms with van der Waals surface area (Å²) in [6.07, 6.45) is 5.05. The first-order valence-corrected chi connectivity index (χ1v) is 7.51. The van der Waals surface area contributed by atoms with Gasteiger partial charge >= 0.3 is 0 Å². The second-order valence-corrected chi connectivity index (χ2v) is 5.76. The summed E-state index contributed by atoms with van der Waals surface area (Å²) in [4.78, 5) is 15.0. The number of rotatable bonds is 8. The Kier molecular flexibility index (Phi) is 9.92. The van der Waals surface area contributed by atoms with Gasteiger partial charge in [-0.25, -0.2) is 0 Å². The number of halogens is 1. The lowest BCUT2D eigenvalue weighted by atomic mass is 10.1. The molecule has 5 heteroatoms. The molecule has 0 saturated carbocycles. The van der Waals surface area contributed by atoms with E-state index in [1.807, 2.05) is 25.3 Å². The highest BCUT2D eigenvalue weighted by molar-refractivity contribution is 7.09. The smallest absolute Gasteiger partial charge is 0.222 e. The number of hydrogen-bond acceptors (Lipinski definition) is 3. The highest BCUT2D eigenvalue weighted by Gasteiger charge is 2.13. The van der Waals surface area contributed by atoms with Crippen molar-refractivity contribution in [2.24, 2.45) is 5.73 Å². The number of nitrogens with two attached hydrogens (primary N) is 1. The number of likely N-dealkylation sites (N-methyl/N-ethyl adjacent to an activating group) is 1. The summed E-state index contributed by atoms with van der Waals surface area (Å²) < 4.78 is 0. The van der Waals surface area contributed by atoms with E-state index in [1.54, 1.807) is 4.90 Å². The van der Waals surface area contributed by atoms with E-state index in [0.29, 0.717) is 13.0 Å². The van der Waals surface area contributed by atoms with Crippen molar-refractivity contribution in [3.05, 3.63) is 22.4 Å². The average molecular weight is 305 g/mol. The van der Waals surface area contributed by atoms with Crippen LogP contribution in [0.4, 0.5) is 0 Å². The van der Waals surface area contributed by atoms with Crippen LogP contribution in [0.2, 0.25) is 0 Å². The highest BCUT2D eigenvalue weighted by Crippen LogP contribution is 2.13. The molecule has 110 valence electrons. The largest absolute Gasteiger partial charge is 0.342 e. The Bertz CT molecular complexity index is 343. The minimum absolute atomic E-state index is 0. The second kappa shape index (κ2) is 10.2. The number of aryl methyl sites for hydroxylation is 1. The Balaban J connectivity index is 0.00000324. The standard InChI is InChI=1S/C14H24N2OS.ClH/c1-12(11-15)16(2)14(17)9-5-3-4-7-13-8-6-10-18-13;/h6,8,10,12H,3-5,7,9,11,15H2,1-2H3;1H. The minimum Gasteiger partial charge on any atom is -0.342 e. The molecule has 19 heavy (non-hydrogen) atoms. The van der Waals surface area contributed by atoms with Crippen LogP contribution < -0.4 is 5.73 Å². The first kappa shape index (κ1) is 18.4. The summed E-state index contributed by atoms with van der Waals surface area (Å²) in [5, 5.41) is 2.11. The maximum atomic E-state index is 11.8. The number of unbranched alkanes of at least 4 members (excludes halogenated alkanes) is 2. The van der Waals surface area contributed by atoms with E-state index in [1.165, 1.54) is 11.3 Å². The van der Waals surface area contributed by atoms with Gasteiger partial charge in [0, 0.05) is 30.9 Å². The number of amides is 1. The van der Waals surface area contributed by atoms with Gasteiger partial charge in [-0.3, -0.25) is 4.79 Å². The molecule has 0 aliphatic carbocycles. The Morgan fingerprint density at radius 1 is 1.42 bits per heavy atom. The lowest BCUT2D eigenvalue weighted by Crippen LogP contribution is -2.39. The summed E-state index contributed by atoms with van der Waals surface area (Å²) in [5.74, 6) is 0.212. The second-order valence-electron chi connectivity index (χ2n) is 4.73. The van der Waals surface area contributed by atoms with Gasteiger partial charge in [-0.2, -0.15) is 0 Å². The predicted molar refractivity (Wildman–Crippen MR) is 85.0 cm³/mol. The molecule has 0 spiro atoms. The normalized spacial score (nSPS) is 11.7. The molecule has 3 nitrogen and oxygen atoms in total. The third-order valence-corrected chi connectivity index (χ3v) is 4.23. The summed E-state index contributed by atoms with van der Waals surface area (Å²) >= 11 is 1.81. The van der Waals surface area contributed by atoms with Crippen LogP contribution in [0, 0.1) is 0 Å². The van der Waals surface area contributed by atoms with E-state index in [4.69, 9.17) is 5.73 Å². The minimum atomic E-state index is 0. The van der Waals surface area contributed by atoms with E-state index in [-0.39, 0.29) is 24.4 Å². The monoisotopic (exact) mass is 304 g/mol. The van der Waals surface area contributed by atoms with Crippen molar-refractivity contribution < 1.29 is 4.79 Å². The molecule has 1 heterocycles. The molecule has 1 rings (SSSR count). The zero-order chi connectivity index (χ0) is 13.4. The Morgan fingerprint density at radius 2 is 2.16 bits per heavy atom. The van der Waals surface area contributed by atoms with Gasteiger partial charge in [-0.15, -0.1) is 23.7 Å². The summed E-state index contributed by atoms with van der Waals surface area (Å²) in [6, 6.07) is 4.41. The Labute approximate surface area is 126 Å². The number of carbonyl (C=O) groups is 1. The highest BCUT2D eigenvalue weighted by atomic mass is 35.5. The summed E-state index contributed by atoms with van der Waals surface area (Å²) in [6.45, 7) is 2.51. The summed E-state index contributed by atoms with van der Waals surface area (Å²) in [5.41, 5.74) is 5.55. The van der Waals surface area contributed by atoms with Crippen molar-refractivity contribution >= 4 is 29.7 Å². The maximum Gasteiger partial charge on any atom is 0.222 e. The van der Waals surface area contributed by atoms with Crippen molar-refractivity contribution in [3.8, 4) is 0 Å². The molecule has 2 N–H and O–H groups in total. The van der Waals surface area contributed by atoms with Crippen molar-refractivity contribution in [2.75, 3.05) is 13.6 Å². The van der Waals surface area contributed by atoms with Gasteiger partial charge in [0.25, 0.3) is 0 Å². The van der Waals surface area contributed by atoms with Crippen LogP contribution in [-0.4, -0.2) is 30.4 Å². The quantitative estimate of drug-likeness (QED) is 0.750. The van der Waals surface area contributed by atoms with Crippen LogP contribution in [0.1, 0.15) is 37.5 Å². The lowest BCUT2D eigenvalue weighted by molar-refractivity contribution is -0.131. The van der Waals surface area contributed by atoms with Crippen LogP contribution in [0.3, 0.4) is 0 Å². The molecule has 0 fully saturated rings. The van der Waals surface area contributed by atoms with E-state index in [0.717, 1.165) is 19.3 Å². The molecule has 1 unspecified atom stereocenters. The van der Waals surface area contributed by atoms with Gasteiger partial charge in [0.2, 0.25) is 5.91 Å². The molecule has 1 atom stereocenters. The first-order chi connectivity index (χ1) is 8.65. The molecule has 0 saturated heterocycles. The number of nitrogens with zero attached hydrogens (tertiary/aromatic N) is 1. The molecule has 0 aromatic carbocycles. The number of carbonyl (C=O) groups excluding carboxylic acids is 1. The van der Waals surface area contributed by atoms with Gasteiger partial charge in [0.1, 0.15) is 0 Å². The van der Waals surface area contributed by atoms with E-state index < -0.39 is 0 Å². The van der Waals surface area contributed by atoms with Gasteiger partial charge in [-0.05, 0) is 37.6 Å². The zero-order valence-electron chi connectivity index (χ0n) is 11.8. The SMILES string of the molecule is CC(CN)N(C)C(=O)CCCCCc1cccs1.Cl. The maximum absolute atomic E-state index is 11.8. The molecular weight excluding hydrogens is 280 g/mol. The topological polar surface area (TPSA) is 46.3 Å². The molecular formula is C14H25ClN2OS. The van der Waals surface area contributed by atoms with Crippen molar-refractivity contribution in [1.29, 1.82) is 0 Å². The van der Waals surface area contributed by atoms with Gasteiger partial charge < -0.3 is 10.6 Å². The van der Waals surface area contributed by atoms with Crippen LogP contribution >= 0.6 is 23.7 Å². The van der Waals surface area contributed by atoms with Crippen molar-refractivity contribution in [2.45, 2.75) is 45.1 Å². The Morgan fingerprint density at radius 3 is 2.74 bits per heavy atom. The van der Waals surface area contributed by atoms with E-state index >= 15 is 0 Å². The van der Waals surface area contributed by atoms with Crippen LogP contribution in [0.15, 0.2) is 17.5 Å². The fourth-order valence-electron chi connectivity index (χ4n) is 1.79. The van der Waals surface area contributed by atoms with Gasteiger partial charge in [0.05, 0.1) is 0 Å². The van der Waals surface area contributed by atoms with Gasteiger partial charge in [0.15, 0.2) is 0 Å². The molecule has 1 aromatic rings. The first-order valence-electron chi connectivity index (χ1n) is 6.63. The van der Waals surface area contributed by atoms with E-state index in [9.17, 15) is 4.79 Å². The molecule has 0 bridgehead atoms. The fraction of sp³-hybridized carbons (Fsp3) is 0.643. The Hall–Kier alpha value is -0.580. The molecule has 1 aromatic heterocycles. The zero-order valence-corrected chi connectivity index (χ0v) is 13.4. The van der Waals surface area contributed by atoms with Crippen LogP contribution in [0.25, 0.3) is 0 Å². The molecule has 0 aliphatic rings. The third kappa shape index (κ3) is 6.95. The summed E-state index contributed by atoms with van der Waals surface area (Å²) in [7, 11) is 1.84. The van der Waals surface area contributed by atoms with Crippen molar-refractivity contribution in [1.82, 2.24) is 4.90 Å². The molecule has 0 radical (unpaired) electrons. The molecule has 1 amide bonds. The van der Waals surface area contributed by atoms with E-state index in [2.05, 4.69) is 17.5 Å². The van der Waals surface area contributed by atoms with Gasteiger partial charge in [-0.1, -0.05) is 12.5 Å². The number of hydrogen-bond donors (Lipinski definition) is 1.